The molecule has 1 aromatic rings. The third-order valence-corrected chi connectivity index (χ3v) is 4.68. The molecule has 1 aromatic carbocycles. The number of benzene rings is 1. The van der Waals surface area contributed by atoms with Crippen molar-refractivity contribution in [2.24, 2.45) is 5.92 Å². The van der Waals surface area contributed by atoms with Crippen LogP contribution in [0.3, 0.4) is 0 Å². The Morgan fingerprint density at radius 1 is 1.17 bits per heavy atom. The standard InChI is InChI=1S/C19H30N2O2/c1-3-21(4-2)14-15-23-18-13-9-8-12-17(18)20-19(22)16-10-6-5-7-11-16/h8-9,12-13,16H,3-7,10-11,14-15H2,1-2H3,(H,20,22). The molecular weight excluding hydrogens is 288 g/mol. The zero-order valence-corrected chi connectivity index (χ0v) is 14.5. The summed E-state index contributed by atoms with van der Waals surface area (Å²) in [6.45, 7) is 7.90. The van der Waals surface area contributed by atoms with Gasteiger partial charge >= 0.3 is 0 Å². The monoisotopic (exact) mass is 318 g/mol. The van der Waals surface area contributed by atoms with Gasteiger partial charge in [-0.1, -0.05) is 45.2 Å². The van der Waals surface area contributed by atoms with Crippen LogP contribution in [0.1, 0.15) is 46.0 Å². The van der Waals surface area contributed by atoms with Crippen LogP contribution in [0.5, 0.6) is 5.75 Å². The number of hydrogen-bond donors (Lipinski definition) is 1. The fourth-order valence-electron chi connectivity index (χ4n) is 3.12. The lowest BCUT2D eigenvalue weighted by Gasteiger charge is -2.22. The third-order valence-electron chi connectivity index (χ3n) is 4.68. The molecule has 1 aliphatic carbocycles. The first-order chi connectivity index (χ1) is 11.2. The van der Waals surface area contributed by atoms with Crippen molar-refractivity contribution in [1.29, 1.82) is 0 Å². The average molecular weight is 318 g/mol. The van der Waals surface area contributed by atoms with Crippen LogP contribution in [0.15, 0.2) is 24.3 Å². The molecule has 1 fully saturated rings. The SMILES string of the molecule is CCN(CC)CCOc1ccccc1NC(=O)C1CCCCC1. The number of para-hydroxylation sites is 2. The highest BCUT2D eigenvalue weighted by Crippen LogP contribution is 2.28. The van der Waals surface area contributed by atoms with E-state index in [-0.39, 0.29) is 11.8 Å². The summed E-state index contributed by atoms with van der Waals surface area (Å²) in [6.07, 6.45) is 5.61. The highest BCUT2D eigenvalue weighted by Gasteiger charge is 2.21. The zero-order chi connectivity index (χ0) is 16.5. The summed E-state index contributed by atoms with van der Waals surface area (Å²) in [6, 6.07) is 7.74. The lowest BCUT2D eigenvalue weighted by atomic mass is 9.88. The molecule has 0 unspecified atom stereocenters. The summed E-state index contributed by atoms with van der Waals surface area (Å²) in [7, 11) is 0. The smallest absolute Gasteiger partial charge is 0.227 e. The number of carbonyl (C=O) groups excluding carboxylic acids is 1. The molecular formula is C19H30N2O2. The average Bonchev–Trinajstić information content (AvgIpc) is 2.61. The van der Waals surface area contributed by atoms with Crippen LogP contribution in [-0.2, 0) is 4.79 Å². The molecule has 23 heavy (non-hydrogen) atoms. The number of hydrogen-bond acceptors (Lipinski definition) is 3. The number of ether oxygens (including phenoxy) is 1. The summed E-state index contributed by atoms with van der Waals surface area (Å²) in [5, 5.41) is 3.07. The van der Waals surface area contributed by atoms with Crippen molar-refractivity contribution >= 4 is 11.6 Å². The molecule has 4 heteroatoms. The van der Waals surface area contributed by atoms with E-state index in [1.807, 2.05) is 24.3 Å². The Kier molecular flexibility index (Phi) is 7.40. The van der Waals surface area contributed by atoms with Crippen molar-refractivity contribution in [3.8, 4) is 5.75 Å². The molecule has 0 bridgehead atoms. The zero-order valence-electron chi connectivity index (χ0n) is 14.5. The van der Waals surface area contributed by atoms with Gasteiger partial charge in [-0.25, -0.2) is 0 Å². The van der Waals surface area contributed by atoms with E-state index in [9.17, 15) is 4.79 Å². The van der Waals surface area contributed by atoms with Gasteiger partial charge in [0.25, 0.3) is 0 Å². The first-order valence-electron chi connectivity index (χ1n) is 8.99. The number of amides is 1. The number of nitrogens with zero attached hydrogens (tertiary/aromatic N) is 1. The molecule has 128 valence electrons. The van der Waals surface area contributed by atoms with Gasteiger partial charge in [-0.2, -0.15) is 0 Å². The van der Waals surface area contributed by atoms with Crippen molar-refractivity contribution in [2.45, 2.75) is 46.0 Å². The van der Waals surface area contributed by atoms with Crippen molar-refractivity contribution in [3.63, 3.8) is 0 Å². The Labute approximate surface area is 140 Å². The van der Waals surface area contributed by atoms with Gasteiger partial charge in [-0.05, 0) is 38.1 Å². The van der Waals surface area contributed by atoms with Gasteiger partial charge in [-0.3, -0.25) is 4.79 Å². The fraction of sp³-hybridized carbons (Fsp3) is 0.632. The van der Waals surface area contributed by atoms with Crippen LogP contribution in [0.4, 0.5) is 5.69 Å². The van der Waals surface area contributed by atoms with Gasteiger partial charge in [0.15, 0.2) is 0 Å². The molecule has 1 amide bonds. The molecule has 2 rings (SSSR count). The molecule has 0 radical (unpaired) electrons. The lowest BCUT2D eigenvalue weighted by Crippen LogP contribution is -2.28. The van der Waals surface area contributed by atoms with Crippen LogP contribution in [0.25, 0.3) is 0 Å². The second kappa shape index (κ2) is 9.56. The predicted octanol–water partition coefficient (Wildman–Crippen LogP) is 3.93. The maximum absolute atomic E-state index is 12.4. The summed E-state index contributed by atoms with van der Waals surface area (Å²) in [4.78, 5) is 14.7. The molecule has 1 aliphatic rings. The maximum Gasteiger partial charge on any atom is 0.227 e. The molecule has 4 nitrogen and oxygen atoms in total. The Bertz CT molecular complexity index is 480. The van der Waals surface area contributed by atoms with E-state index in [4.69, 9.17) is 4.74 Å². The first kappa shape index (κ1) is 17.8. The van der Waals surface area contributed by atoms with E-state index in [0.717, 1.165) is 43.9 Å². The van der Waals surface area contributed by atoms with Crippen molar-refractivity contribution in [2.75, 3.05) is 31.6 Å². The molecule has 0 aliphatic heterocycles. The van der Waals surface area contributed by atoms with Crippen molar-refractivity contribution in [1.82, 2.24) is 4.90 Å². The minimum atomic E-state index is 0.143. The molecule has 1 N–H and O–H groups in total. The van der Waals surface area contributed by atoms with E-state index in [0.29, 0.717) is 6.61 Å². The number of carbonyl (C=O) groups is 1. The molecule has 0 aromatic heterocycles. The lowest BCUT2D eigenvalue weighted by molar-refractivity contribution is -0.120. The van der Waals surface area contributed by atoms with Crippen LogP contribution in [0, 0.1) is 5.92 Å². The quantitative estimate of drug-likeness (QED) is 0.790. The van der Waals surface area contributed by atoms with Crippen LogP contribution < -0.4 is 10.1 Å². The van der Waals surface area contributed by atoms with Gasteiger partial charge in [-0.15, -0.1) is 0 Å². The van der Waals surface area contributed by atoms with E-state index in [2.05, 4.69) is 24.1 Å². The highest BCUT2D eigenvalue weighted by molar-refractivity contribution is 5.93. The molecule has 0 saturated heterocycles. The van der Waals surface area contributed by atoms with Gasteiger partial charge in [0.05, 0.1) is 5.69 Å². The van der Waals surface area contributed by atoms with Crippen LogP contribution in [0.2, 0.25) is 0 Å². The Balaban J connectivity index is 1.90. The summed E-state index contributed by atoms with van der Waals surface area (Å²) in [5.41, 5.74) is 0.794. The van der Waals surface area contributed by atoms with Gasteiger partial charge < -0.3 is 15.0 Å². The van der Waals surface area contributed by atoms with Crippen LogP contribution in [-0.4, -0.2) is 37.0 Å². The van der Waals surface area contributed by atoms with Gasteiger partial charge in [0, 0.05) is 12.5 Å². The van der Waals surface area contributed by atoms with E-state index in [1.165, 1.54) is 19.3 Å². The fourth-order valence-corrected chi connectivity index (χ4v) is 3.12. The molecule has 0 atom stereocenters. The molecule has 1 saturated carbocycles. The number of likely N-dealkylation sites (N-methyl/N-ethyl adjacent to an activating group) is 1. The third kappa shape index (κ3) is 5.54. The minimum Gasteiger partial charge on any atom is -0.490 e. The minimum absolute atomic E-state index is 0.143. The predicted molar refractivity (Wildman–Crippen MR) is 94.9 cm³/mol. The Hall–Kier alpha value is -1.55. The summed E-state index contributed by atoms with van der Waals surface area (Å²) < 4.78 is 5.90. The summed E-state index contributed by atoms with van der Waals surface area (Å²) >= 11 is 0. The topological polar surface area (TPSA) is 41.6 Å². The first-order valence-corrected chi connectivity index (χ1v) is 8.99. The largest absolute Gasteiger partial charge is 0.490 e. The number of anilines is 1. The second-order valence-electron chi connectivity index (χ2n) is 6.20. The van der Waals surface area contributed by atoms with E-state index < -0.39 is 0 Å². The van der Waals surface area contributed by atoms with Crippen molar-refractivity contribution in [3.05, 3.63) is 24.3 Å². The maximum atomic E-state index is 12.4. The second-order valence-corrected chi connectivity index (χ2v) is 6.20. The Morgan fingerprint density at radius 3 is 2.57 bits per heavy atom. The van der Waals surface area contributed by atoms with Gasteiger partial charge in [0.1, 0.15) is 12.4 Å². The summed E-state index contributed by atoms with van der Waals surface area (Å²) in [5.74, 6) is 1.07. The van der Waals surface area contributed by atoms with Gasteiger partial charge in [0.2, 0.25) is 5.91 Å². The number of nitrogens with one attached hydrogen (secondary N) is 1. The normalized spacial score (nSPS) is 15.6. The van der Waals surface area contributed by atoms with Crippen molar-refractivity contribution < 1.29 is 9.53 Å². The molecule has 0 spiro atoms. The van der Waals surface area contributed by atoms with E-state index in [1.54, 1.807) is 0 Å². The Morgan fingerprint density at radius 2 is 1.87 bits per heavy atom. The van der Waals surface area contributed by atoms with E-state index >= 15 is 0 Å². The number of rotatable bonds is 8. The molecule has 0 heterocycles. The van der Waals surface area contributed by atoms with Crippen LogP contribution >= 0.6 is 0 Å². The highest BCUT2D eigenvalue weighted by atomic mass is 16.5.